The molecule has 0 aromatic rings. The van der Waals surface area contributed by atoms with Crippen molar-refractivity contribution in [3.05, 3.63) is 0 Å². The highest BCUT2D eigenvalue weighted by Crippen LogP contribution is 2.29. The van der Waals surface area contributed by atoms with Gasteiger partial charge in [-0.25, -0.2) is 9.59 Å². The Labute approximate surface area is 114 Å². The van der Waals surface area contributed by atoms with Gasteiger partial charge in [0.1, 0.15) is 6.04 Å². The highest BCUT2D eigenvalue weighted by Gasteiger charge is 2.28. The predicted molar refractivity (Wildman–Crippen MR) is 72.5 cm³/mol. The van der Waals surface area contributed by atoms with E-state index in [1.54, 1.807) is 0 Å². The molecule has 5 heteroatoms. The normalized spacial score (nSPS) is 15.7. The van der Waals surface area contributed by atoms with Crippen molar-refractivity contribution >= 4 is 12.0 Å². The second-order valence-corrected chi connectivity index (χ2v) is 5.50. The molecule has 0 saturated heterocycles. The molecule has 1 fully saturated rings. The molecule has 19 heavy (non-hydrogen) atoms. The number of carbonyl (C=O) groups is 2. The summed E-state index contributed by atoms with van der Waals surface area (Å²) in [6.45, 7) is 4.68. The van der Waals surface area contributed by atoms with Crippen LogP contribution in [-0.4, -0.2) is 41.1 Å². The maximum Gasteiger partial charge on any atom is 0.326 e. The Bertz CT molecular complexity index is 369. The van der Waals surface area contributed by atoms with E-state index in [1.807, 2.05) is 13.8 Å². The summed E-state index contributed by atoms with van der Waals surface area (Å²) < 4.78 is 0. The fourth-order valence-corrected chi connectivity index (χ4v) is 1.87. The second kappa shape index (κ2) is 7.03. The van der Waals surface area contributed by atoms with Crippen LogP contribution in [0.4, 0.5) is 4.79 Å². The lowest BCUT2D eigenvalue weighted by Gasteiger charge is -2.24. The summed E-state index contributed by atoms with van der Waals surface area (Å²) in [6, 6.07) is -1.23. The molecule has 1 aliphatic rings. The molecule has 1 atom stereocenters. The highest BCUT2D eigenvalue weighted by atomic mass is 16.4. The molecule has 1 rings (SSSR count). The molecular weight excluding hydrogens is 244 g/mol. The molecule has 0 radical (unpaired) electrons. The Hall–Kier alpha value is -1.70. The molecule has 1 saturated carbocycles. The van der Waals surface area contributed by atoms with E-state index < -0.39 is 12.0 Å². The van der Waals surface area contributed by atoms with Crippen LogP contribution in [0.15, 0.2) is 0 Å². The lowest BCUT2D eigenvalue weighted by molar-refractivity contribution is -0.139. The van der Waals surface area contributed by atoms with E-state index in [0.717, 1.165) is 12.8 Å². The molecule has 0 aromatic carbocycles. The third-order valence-electron chi connectivity index (χ3n) is 3.05. The number of aliphatic carboxylic acids is 1. The number of hydrogen-bond acceptors (Lipinski definition) is 2. The molecule has 2 N–H and O–H groups in total. The number of nitrogens with zero attached hydrogens (tertiary/aromatic N) is 1. The first-order valence-electron chi connectivity index (χ1n) is 6.65. The number of terminal acetylenes is 1. The lowest BCUT2D eigenvalue weighted by Crippen LogP contribution is -2.49. The van der Waals surface area contributed by atoms with Crippen molar-refractivity contribution in [2.24, 2.45) is 11.8 Å². The number of carboxylic acids is 1. The van der Waals surface area contributed by atoms with Crippen LogP contribution in [0.5, 0.6) is 0 Å². The Morgan fingerprint density at radius 3 is 2.53 bits per heavy atom. The molecular formula is C14H22N2O3. The van der Waals surface area contributed by atoms with Gasteiger partial charge in [0.25, 0.3) is 0 Å². The van der Waals surface area contributed by atoms with E-state index >= 15 is 0 Å². The fourth-order valence-electron chi connectivity index (χ4n) is 1.87. The zero-order valence-corrected chi connectivity index (χ0v) is 11.6. The second-order valence-electron chi connectivity index (χ2n) is 5.50. The van der Waals surface area contributed by atoms with E-state index in [2.05, 4.69) is 11.2 Å². The number of hydrogen-bond donors (Lipinski definition) is 2. The van der Waals surface area contributed by atoms with E-state index in [4.69, 9.17) is 11.5 Å². The van der Waals surface area contributed by atoms with Crippen LogP contribution in [0.2, 0.25) is 0 Å². The summed E-state index contributed by atoms with van der Waals surface area (Å²) in [7, 11) is 0. The molecule has 0 heterocycles. The van der Waals surface area contributed by atoms with E-state index in [0.29, 0.717) is 18.9 Å². The molecule has 1 unspecified atom stereocenters. The average molecular weight is 266 g/mol. The first-order chi connectivity index (χ1) is 8.93. The van der Waals surface area contributed by atoms with Gasteiger partial charge in [0.15, 0.2) is 0 Å². The van der Waals surface area contributed by atoms with Crippen molar-refractivity contribution in [2.75, 3.05) is 13.1 Å². The minimum atomic E-state index is -1.01. The summed E-state index contributed by atoms with van der Waals surface area (Å²) in [5, 5.41) is 11.7. The lowest BCUT2D eigenvalue weighted by atomic mass is 10.0. The molecule has 0 aliphatic heterocycles. The van der Waals surface area contributed by atoms with Gasteiger partial charge in [-0.2, -0.15) is 0 Å². The first-order valence-corrected chi connectivity index (χ1v) is 6.65. The van der Waals surface area contributed by atoms with Crippen molar-refractivity contribution < 1.29 is 14.7 Å². The summed E-state index contributed by atoms with van der Waals surface area (Å²) >= 11 is 0. The third-order valence-corrected chi connectivity index (χ3v) is 3.05. The van der Waals surface area contributed by atoms with Crippen LogP contribution < -0.4 is 5.32 Å². The van der Waals surface area contributed by atoms with Crippen molar-refractivity contribution in [1.82, 2.24) is 10.2 Å². The number of urea groups is 1. The number of rotatable bonds is 7. The zero-order valence-electron chi connectivity index (χ0n) is 11.6. The quantitative estimate of drug-likeness (QED) is 0.687. The Kier molecular flexibility index (Phi) is 5.68. The van der Waals surface area contributed by atoms with Crippen molar-refractivity contribution in [2.45, 2.75) is 39.2 Å². The van der Waals surface area contributed by atoms with Crippen LogP contribution in [0.25, 0.3) is 0 Å². The van der Waals surface area contributed by atoms with Crippen LogP contribution in [0, 0.1) is 24.2 Å². The van der Waals surface area contributed by atoms with Gasteiger partial charge in [0.2, 0.25) is 0 Å². The largest absolute Gasteiger partial charge is 0.480 e. The average Bonchev–Trinajstić information content (AvgIpc) is 3.10. The van der Waals surface area contributed by atoms with E-state index in [-0.39, 0.29) is 18.5 Å². The van der Waals surface area contributed by atoms with Gasteiger partial charge in [-0.05, 0) is 31.1 Å². The summed E-state index contributed by atoms with van der Waals surface area (Å²) in [4.78, 5) is 24.7. The van der Waals surface area contributed by atoms with Gasteiger partial charge >= 0.3 is 12.0 Å². The standard InChI is InChI=1S/C14H22N2O3/c1-4-7-16(9-11-5-6-11)14(19)15-12(13(17)18)8-10(2)3/h1,10-12H,5-9H2,2-3H3,(H,15,19)(H,17,18). The molecule has 2 amide bonds. The Balaban J connectivity index is 2.56. The molecule has 1 aliphatic carbocycles. The third kappa shape index (κ3) is 5.64. The minimum Gasteiger partial charge on any atom is -0.480 e. The van der Waals surface area contributed by atoms with Gasteiger partial charge in [-0.3, -0.25) is 0 Å². The van der Waals surface area contributed by atoms with Crippen LogP contribution in [0.1, 0.15) is 33.1 Å². The SMILES string of the molecule is C#CCN(CC1CC1)C(=O)NC(CC(C)C)C(=O)O. The Morgan fingerprint density at radius 1 is 1.47 bits per heavy atom. The van der Waals surface area contributed by atoms with Gasteiger partial charge < -0.3 is 15.3 Å². The number of nitrogens with one attached hydrogen (secondary N) is 1. The monoisotopic (exact) mass is 266 g/mol. The number of carbonyl (C=O) groups excluding carboxylic acids is 1. The number of amides is 2. The minimum absolute atomic E-state index is 0.200. The van der Waals surface area contributed by atoms with Crippen LogP contribution >= 0.6 is 0 Å². The summed E-state index contributed by atoms with van der Waals surface area (Å²) in [5.41, 5.74) is 0. The van der Waals surface area contributed by atoms with Crippen molar-refractivity contribution in [1.29, 1.82) is 0 Å². The van der Waals surface area contributed by atoms with Gasteiger partial charge in [-0.1, -0.05) is 19.8 Å². The summed E-state index contributed by atoms with van der Waals surface area (Å²) in [5.74, 6) is 2.16. The van der Waals surface area contributed by atoms with Crippen LogP contribution in [0.3, 0.4) is 0 Å². The Morgan fingerprint density at radius 2 is 2.11 bits per heavy atom. The van der Waals surface area contributed by atoms with E-state index in [9.17, 15) is 9.59 Å². The van der Waals surface area contributed by atoms with Crippen molar-refractivity contribution in [3.8, 4) is 12.3 Å². The smallest absolute Gasteiger partial charge is 0.326 e. The molecule has 106 valence electrons. The molecule has 0 aromatic heterocycles. The van der Waals surface area contributed by atoms with Gasteiger partial charge in [-0.15, -0.1) is 6.42 Å². The van der Waals surface area contributed by atoms with Gasteiger partial charge in [0.05, 0.1) is 6.54 Å². The predicted octanol–water partition coefficient (Wildman–Crippen LogP) is 1.54. The highest BCUT2D eigenvalue weighted by molar-refractivity contribution is 5.82. The molecule has 0 bridgehead atoms. The number of carboxylic acid groups (broad SMARTS) is 1. The molecule has 0 spiro atoms. The summed E-state index contributed by atoms with van der Waals surface area (Å²) in [6.07, 6.45) is 7.89. The van der Waals surface area contributed by atoms with Crippen molar-refractivity contribution in [3.63, 3.8) is 0 Å². The topological polar surface area (TPSA) is 69.6 Å². The maximum absolute atomic E-state index is 12.0. The first kappa shape index (κ1) is 15.4. The van der Waals surface area contributed by atoms with Gasteiger partial charge in [0, 0.05) is 6.54 Å². The fraction of sp³-hybridized carbons (Fsp3) is 0.714. The van der Waals surface area contributed by atoms with Crippen LogP contribution in [-0.2, 0) is 4.79 Å². The molecule has 5 nitrogen and oxygen atoms in total. The maximum atomic E-state index is 12.0. The zero-order chi connectivity index (χ0) is 14.4. The van der Waals surface area contributed by atoms with E-state index in [1.165, 1.54) is 4.90 Å².